The molecule has 0 aliphatic rings. The van der Waals surface area contributed by atoms with E-state index in [-0.39, 0.29) is 5.69 Å². The second-order valence-corrected chi connectivity index (χ2v) is 6.42. The lowest BCUT2D eigenvalue weighted by Gasteiger charge is -2.08. The molecule has 0 bridgehead atoms. The van der Waals surface area contributed by atoms with Gasteiger partial charge < -0.3 is 5.32 Å². The average Bonchev–Trinajstić information content (AvgIpc) is 3.13. The zero-order chi connectivity index (χ0) is 19.5. The zero-order valence-corrected chi connectivity index (χ0v) is 15.3. The predicted octanol–water partition coefficient (Wildman–Crippen LogP) is 4.98. The van der Waals surface area contributed by atoms with Gasteiger partial charge in [-0.1, -0.05) is 48.0 Å². The molecule has 2 aromatic carbocycles. The van der Waals surface area contributed by atoms with Crippen molar-refractivity contribution in [2.24, 2.45) is 0 Å². The minimum absolute atomic E-state index is 0.206. The SMILES string of the molecule is O=C(Nc1cc(-c2ccccc2)nn1-c1cccc(F)c1)c1ccc(Cl)cn1. The molecule has 2 aromatic heterocycles. The summed E-state index contributed by atoms with van der Waals surface area (Å²) in [6.07, 6.45) is 1.40. The van der Waals surface area contributed by atoms with Crippen LogP contribution in [0.25, 0.3) is 16.9 Å². The molecule has 0 unspecified atom stereocenters. The molecular formula is C21H14ClFN4O. The summed E-state index contributed by atoms with van der Waals surface area (Å²) in [7, 11) is 0. The van der Waals surface area contributed by atoms with Gasteiger partial charge in [0.25, 0.3) is 5.91 Å². The van der Waals surface area contributed by atoms with Gasteiger partial charge in [-0.05, 0) is 30.3 Å². The molecule has 28 heavy (non-hydrogen) atoms. The Morgan fingerprint density at radius 2 is 1.82 bits per heavy atom. The number of carbonyl (C=O) groups excluding carboxylic acids is 1. The van der Waals surface area contributed by atoms with Crippen molar-refractivity contribution in [2.75, 3.05) is 5.32 Å². The summed E-state index contributed by atoms with van der Waals surface area (Å²) in [4.78, 5) is 16.6. The maximum Gasteiger partial charge on any atom is 0.275 e. The van der Waals surface area contributed by atoms with Crippen molar-refractivity contribution in [1.29, 1.82) is 0 Å². The van der Waals surface area contributed by atoms with Gasteiger partial charge in [-0.15, -0.1) is 0 Å². The summed E-state index contributed by atoms with van der Waals surface area (Å²) in [5.41, 5.74) is 2.21. The van der Waals surface area contributed by atoms with E-state index in [0.29, 0.717) is 22.2 Å². The highest BCUT2D eigenvalue weighted by atomic mass is 35.5. The number of hydrogen-bond acceptors (Lipinski definition) is 3. The molecular weight excluding hydrogens is 379 g/mol. The van der Waals surface area contributed by atoms with Gasteiger partial charge in [0.05, 0.1) is 16.4 Å². The van der Waals surface area contributed by atoms with Crippen molar-refractivity contribution in [3.8, 4) is 16.9 Å². The molecule has 138 valence electrons. The predicted molar refractivity (Wildman–Crippen MR) is 106 cm³/mol. The number of anilines is 1. The van der Waals surface area contributed by atoms with E-state index in [4.69, 9.17) is 11.6 Å². The number of halogens is 2. The van der Waals surface area contributed by atoms with Crippen LogP contribution in [-0.2, 0) is 0 Å². The van der Waals surface area contributed by atoms with E-state index in [1.807, 2.05) is 30.3 Å². The second-order valence-electron chi connectivity index (χ2n) is 5.99. The molecule has 0 aliphatic carbocycles. The number of aromatic nitrogens is 3. The van der Waals surface area contributed by atoms with E-state index >= 15 is 0 Å². The zero-order valence-electron chi connectivity index (χ0n) is 14.5. The number of hydrogen-bond donors (Lipinski definition) is 1. The van der Waals surface area contributed by atoms with Gasteiger partial charge in [0.15, 0.2) is 0 Å². The smallest absolute Gasteiger partial charge is 0.275 e. The second kappa shape index (κ2) is 7.62. The summed E-state index contributed by atoms with van der Waals surface area (Å²) >= 11 is 5.82. The molecule has 5 nitrogen and oxygen atoms in total. The number of carbonyl (C=O) groups is 1. The standard InChI is InChI=1S/C21H14ClFN4O/c22-15-9-10-18(24-13-15)21(28)25-20-12-19(14-5-2-1-3-6-14)26-27(20)17-8-4-7-16(23)11-17/h1-13H,(H,25,28). The number of rotatable bonds is 4. The van der Waals surface area contributed by atoms with Gasteiger partial charge in [0.2, 0.25) is 0 Å². The first kappa shape index (κ1) is 17.9. The Balaban J connectivity index is 1.75. The Bertz CT molecular complexity index is 1130. The first-order chi connectivity index (χ1) is 13.6. The fraction of sp³-hybridized carbons (Fsp3) is 0. The molecule has 0 atom stereocenters. The molecule has 1 amide bonds. The fourth-order valence-electron chi connectivity index (χ4n) is 2.72. The lowest BCUT2D eigenvalue weighted by molar-refractivity contribution is 0.102. The molecule has 4 aromatic rings. The molecule has 2 heterocycles. The van der Waals surface area contributed by atoms with Crippen molar-refractivity contribution < 1.29 is 9.18 Å². The monoisotopic (exact) mass is 392 g/mol. The summed E-state index contributed by atoms with van der Waals surface area (Å²) in [6.45, 7) is 0. The molecule has 1 N–H and O–H groups in total. The average molecular weight is 393 g/mol. The number of nitrogens with one attached hydrogen (secondary N) is 1. The van der Waals surface area contributed by atoms with Gasteiger partial charge >= 0.3 is 0 Å². The van der Waals surface area contributed by atoms with Crippen LogP contribution in [0.2, 0.25) is 5.02 Å². The Morgan fingerprint density at radius 3 is 2.54 bits per heavy atom. The third-order valence-electron chi connectivity index (χ3n) is 4.03. The molecule has 0 saturated heterocycles. The first-order valence-electron chi connectivity index (χ1n) is 8.44. The Morgan fingerprint density at radius 1 is 1.00 bits per heavy atom. The minimum Gasteiger partial charge on any atom is -0.305 e. The summed E-state index contributed by atoms with van der Waals surface area (Å²) in [6, 6.07) is 20.3. The lowest BCUT2D eigenvalue weighted by Crippen LogP contribution is -2.16. The van der Waals surface area contributed by atoms with E-state index in [2.05, 4.69) is 15.4 Å². The van der Waals surface area contributed by atoms with E-state index < -0.39 is 11.7 Å². The van der Waals surface area contributed by atoms with Crippen LogP contribution in [0, 0.1) is 5.82 Å². The Kier molecular flexibility index (Phi) is 4.87. The summed E-state index contributed by atoms with van der Waals surface area (Å²) in [5.74, 6) is -0.425. The summed E-state index contributed by atoms with van der Waals surface area (Å²) in [5, 5.41) is 7.77. The van der Waals surface area contributed by atoms with Crippen molar-refractivity contribution in [1.82, 2.24) is 14.8 Å². The fourth-order valence-corrected chi connectivity index (χ4v) is 2.83. The Labute approximate surface area is 165 Å². The largest absolute Gasteiger partial charge is 0.305 e. The lowest BCUT2D eigenvalue weighted by atomic mass is 10.1. The number of amides is 1. The first-order valence-corrected chi connectivity index (χ1v) is 8.82. The van der Waals surface area contributed by atoms with Crippen molar-refractivity contribution in [2.45, 2.75) is 0 Å². The van der Waals surface area contributed by atoms with Crippen LogP contribution in [0.3, 0.4) is 0 Å². The van der Waals surface area contributed by atoms with Crippen LogP contribution < -0.4 is 5.32 Å². The van der Waals surface area contributed by atoms with Gasteiger partial charge in [-0.2, -0.15) is 5.10 Å². The number of nitrogens with zero attached hydrogens (tertiary/aromatic N) is 3. The maximum absolute atomic E-state index is 13.7. The molecule has 4 rings (SSSR count). The maximum atomic E-state index is 13.7. The molecule has 7 heteroatoms. The van der Waals surface area contributed by atoms with Crippen molar-refractivity contribution in [3.63, 3.8) is 0 Å². The van der Waals surface area contributed by atoms with Crippen LogP contribution in [0.15, 0.2) is 79.0 Å². The van der Waals surface area contributed by atoms with E-state index in [1.165, 1.54) is 29.1 Å². The quantitative estimate of drug-likeness (QED) is 0.533. The molecule has 0 spiro atoms. The highest BCUT2D eigenvalue weighted by Gasteiger charge is 2.16. The van der Waals surface area contributed by atoms with Gasteiger partial charge in [-0.3, -0.25) is 4.79 Å². The molecule has 0 fully saturated rings. The molecule has 0 radical (unpaired) electrons. The van der Waals surface area contributed by atoms with Gasteiger partial charge in [0.1, 0.15) is 17.3 Å². The highest BCUT2D eigenvalue weighted by Crippen LogP contribution is 2.25. The van der Waals surface area contributed by atoms with E-state index in [9.17, 15) is 9.18 Å². The van der Waals surface area contributed by atoms with Crippen molar-refractivity contribution >= 4 is 23.3 Å². The van der Waals surface area contributed by atoms with Gasteiger partial charge in [-0.25, -0.2) is 14.1 Å². The van der Waals surface area contributed by atoms with Crippen LogP contribution in [-0.4, -0.2) is 20.7 Å². The topological polar surface area (TPSA) is 59.8 Å². The third kappa shape index (κ3) is 3.77. The summed E-state index contributed by atoms with van der Waals surface area (Å²) < 4.78 is 15.2. The highest BCUT2D eigenvalue weighted by molar-refractivity contribution is 6.30. The van der Waals surface area contributed by atoms with E-state index in [0.717, 1.165) is 5.56 Å². The molecule has 0 saturated carbocycles. The number of pyridine rings is 1. The van der Waals surface area contributed by atoms with Crippen LogP contribution in [0.5, 0.6) is 0 Å². The van der Waals surface area contributed by atoms with E-state index in [1.54, 1.807) is 24.3 Å². The van der Waals surface area contributed by atoms with Gasteiger partial charge in [0, 0.05) is 17.8 Å². The van der Waals surface area contributed by atoms with Crippen LogP contribution in [0.1, 0.15) is 10.5 Å². The third-order valence-corrected chi connectivity index (χ3v) is 4.26. The van der Waals surface area contributed by atoms with Crippen LogP contribution >= 0.6 is 11.6 Å². The minimum atomic E-state index is -0.422. The Hall–Kier alpha value is -3.51. The normalized spacial score (nSPS) is 10.6. The van der Waals surface area contributed by atoms with Crippen LogP contribution in [0.4, 0.5) is 10.2 Å². The number of benzene rings is 2. The van der Waals surface area contributed by atoms with Crippen molar-refractivity contribution in [3.05, 3.63) is 95.5 Å². The molecule has 0 aliphatic heterocycles.